The van der Waals surface area contributed by atoms with E-state index in [0.29, 0.717) is 13.2 Å². The smallest absolute Gasteiger partial charge is 0.306 e. The summed E-state index contributed by atoms with van der Waals surface area (Å²) in [6.45, 7) is 1.06. The van der Waals surface area contributed by atoms with Crippen LogP contribution in [0.15, 0.2) is 30.3 Å². The monoisotopic (exact) mass is 293 g/mol. The first-order valence-electron chi connectivity index (χ1n) is 6.81. The van der Waals surface area contributed by atoms with Crippen LogP contribution in [0.2, 0.25) is 0 Å². The van der Waals surface area contributed by atoms with Gasteiger partial charge in [-0.2, -0.15) is 0 Å². The van der Waals surface area contributed by atoms with Gasteiger partial charge < -0.3 is 19.5 Å². The van der Waals surface area contributed by atoms with Crippen molar-refractivity contribution in [2.75, 3.05) is 26.8 Å². The maximum absolute atomic E-state index is 12.6. The first-order chi connectivity index (χ1) is 10.1. The van der Waals surface area contributed by atoms with Crippen LogP contribution >= 0.6 is 0 Å². The highest BCUT2D eigenvalue weighted by Crippen LogP contribution is 2.21. The van der Waals surface area contributed by atoms with E-state index in [-0.39, 0.29) is 18.9 Å². The van der Waals surface area contributed by atoms with E-state index in [9.17, 15) is 9.59 Å². The molecule has 2 rings (SSSR count). The van der Waals surface area contributed by atoms with Crippen molar-refractivity contribution in [2.45, 2.75) is 18.6 Å². The van der Waals surface area contributed by atoms with Crippen LogP contribution in [0, 0.1) is 0 Å². The number of nitrogens with zero attached hydrogens (tertiary/aromatic N) is 1. The van der Waals surface area contributed by atoms with E-state index >= 15 is 0 Å². The number of methoxy groups -OCH3 is 1. The lowest BCUT2D eigenvalue weighted by Crippen LogP contribution is -2.48. The Bertz CT molecular complexity index is 490. The minimum Gasteiger partial charge on any atom is -0.481 e. The molecule has 1 N–H and O–H groups in total. The van der Waals surface area contributed by atoms with E-state index in [4.69, 9.17) is 14.6 Å². The number of ether oxygens (including phenoxy) is 2. The van der Waals surface area contributed by atoms with E-state index in [0.717, 1.165) is 5.56 Å². The van der Waals surface area contributed by atoms with Gasteiger partial charge in [0.1, 0.15) is 0 Å². The van der Waals surface area contributed by atoms with Gasteiger partial charge in [-0.05, 0) is 5.56 Å². The minimum atomic E-state index is -0.930. The number of carboxylic acids is 1. The molecule has 0 bridgehead atoms. The van der Waals surface area contributed by atoms with Crippen LogP contribution in [0.25, 0.3) is 0 Å². The molecule has 0 radical (unpaired) electrons. The molecular weight excluding hydrogens is 274 g/mol. The molecule has 6 heteroatoms. The molecule has 0 aliphatic carbocycles. The predicted molar refractivity (Wildman–Crippen MR) is 74.8 cm³/mol. The van der Waals surface area contributed by atoms with Crippen LogP contribution in [-0.4, -0.2) is 54.8 Å². The quantitative estimate of drug-likeness (QED) is 0.879. The summed E-state index contributed by atoms with van der Waals surface area (Å²) in [5.41, 5.74) is 0.784. The van der Waals surface area contributed by atoms with Gasteiger partial charge in [0.25, 0.3) is 5.91 Å². The number of carbonyl (C=O) groups excluding carboxylic acids is 1. The molecule has 1 heterocycles. The second-order valence-electron chi connectivity index (χ2n) is 4.90. The summed E-state index contributed by atoms with van der Waals surface area (Å²) in [7, 11) is 1.49. The van der Waals surface area contributed by atoms with Gasteiger partial charge in [0.2, 0.25) is 0 Å². The summed E-state index contributed by atoms with van der Waals surface area (Å²) in [6.07, 6.45) is -1.24. The Morgan fingerprint density at radius 2 is 2.14 bits per heavy atom. The number of amides is 1. The molecule has 1 unspecified atom stereocenters. The SMILES string of the molecule is CO[C@@H](C(=O)N1CCOC(CC(=O)O)C1)c1ccccc1. The van der Waals surface area contributed by atoms with Crippen LogP contribution in [0.3, 0.4) is 0 Å². The van der Waals surface area contributed by atoms with Crippen molar-refractivity contribution >= 4 is 11.9 Å². The zero-order valence-electron chi connectivity index (χ0n) is 11.9. The number of carboxylic acid groups (broad SMARTS) is 1. The third kappa shape index (κ3) is 4.03. The number of rotatable bonds is 5. The molecule has 1 aromatic rings. The topological polar surface area (TPSA) is 76.1 Å². The second kappa shape index (κ2) is 7.19. The van der Waals surface area contributed by atoms with Crippen molar-refractivity contribution in [3.8, 4) is 0 Å². The third-order valence-electron chi connectivity index (χ3n) is 3.42. The minimum absolute atomic E-state index is 0.104. The fourth-order valence-corrected chi connectivity index (χ4v) is 2.41. The molecule has 1 amide bonds. The highest BCUT2D eigenvalue weighted by Gasteiger charge is 2.31. The predicted octanol–water partition coefficient (Wildman–Crippen LogP) is 1.08. The molecule has 1 aliphatic rings. The molecule has 1 aliphatic heterocycles. The van der Waals surface area contributed by atoms with Crippen molar-refractivity contribution in [1.82, 2.24) is 4.90 Å². The van der Waals surface area contributed by atoms with Gasteiger partial charge in [-0.25, -0.2) is 0 Å². The van der Waals surface area contributed by atoms with Crippen LogP contribution in [0.5, 0.6) is 0 Å². The molecule has 0 aromatic heterocycles. The summed E-state index contributed by atoms with van der Waals surface area (Å²) in [5.74, 6) is -1.09. The first-order valence-corrected chi connectivity index (χ1v) is 6.81. The second-order valence-corrected chi connectivity index (χ2v) is 4.90. The van der Waals surface area contributed by atoms with Crippen LogP contribution in [0.4, 0.5) is 0 Å². The van der Waals surface area contributed by atoms with Gasteiger partial charge in [-0.15, -0.1) is 0 Å². The largest absolute Gasteiger partial charge is 0.481 e. The Balaban J connectivity index is 2.05. The maximum atomic E-state index is 12.6. The molecule has 2 atom stereocenters. The summed E-state index contributed by atoms with van der Waals surface area (Å²) in [6, 6.07) is 9.24. The van der Waals surface area contributed by atoms with Gasteiger partial charge in [-0.3, -0.25) is 9.59 Å². The van der Waals surface area contributed by atoms with Crippen LogP contribution < -0.4 is 0 Å². The lowest BCUT2D eigenvalue weighted by Gasteiger charge is -2.34. The molecule has 0 saturated carbocycles. The van der Waals surface area contributed by atoms with Crippen molar-refractivity contribution < 1.29 is 24.2 Å². The molecule has 21 heavy (non-hydrogen) atoms. The van der Waals surface area contributed by atoms with Crippen molar-refractivity contribution in [3.05, 3.63) is 35.9 Å². The number of hydrogen-bond donors (Lipinski definition) is 1. The van der Waals surface area contributed by atoms with Crippen molar-refractivity contribution in [2.24, 2.45) is 0 Å². The van der Waals surface area contributed by atoms with Gasteiger partial charge in [0.15, 0.2) is 6.10 Å². The number of benzene rings is 1. The third-order valence-corrected chi connectivity index (χ3v) is 3.42. The summed E-state index contributed by atoms with van der Waals surface area (Å²) in [4.78, 5) is 24.9. The Hall–Kier alpha value is -1.92. The number of hydrogen-bond acceptors (Lipinski definition) is 4. The molecule has 6 nitrogen and oxygen atoms in total. The highest BCUT2D eigenvalue weighted by atomic mass is 16.5. The Morgan fingerprint density at radius 1 is 1.43 bits per heavy atom. The molecule has 114 valence electrons. The lowest BCUT2D eigenvalue weighted by molar-refractivity contribution is -0.154. The Morgan fingerprint density at radius 3 is 2.76 bits per heavy atom. The van der Waals surface area contributed by atoms with E-state index in [1.807, 2.05) is 30.3 Å². The van der Waals surface area contributed by atoms with E-state index in [1.165, 1.54) is 7.11 Å². The fraction of sp³-hybridized carbons (Fsp3) is 0.467. The van der Waals surface area contributed by atoms with E-state index < -0.39 is 18.2 Å². The molecular formula is C15H19NO5. The zero-order chi connectivity index (χ0) is 15.2. The highest BCUT2D eigenvalue weighted by molar-refractivity contribution is 5.82. The van der Waals surface area contributed by atoms with E-state index in [1.54, 1.807) is 4.90 Å². The lowest BCUT2D eigenvalue weighted by atomic mass is 10.1. The van der Waals surface area contributed by atoms with Crippen molar-refractivity contribution in [3.63, 3.8) is 0 Å². The summed E-state index contributed by atoms with van der Waals surface area (Å²) < 4.78 is 10.7. The first kappa shape index (κ1) is 15.5. The normalized spacial score (nSPS) is 20.0. The maximum Gasteiger partial charge on any atom is 0.306 e. The average Bonchev–Trinajstić information content (AvgIpc) is 2.48. The van der Waals surface area contributed by atoms with Gasteiger partial charge in [0, 0.05) is 20.2 Å². The van der Waals surface area contributed by atoms with Gasteiger partial charge in [-0.1, -0.05) is 30.3 Å². The molecule has 1 saturated heterocycles. The summed E-state index contributed by atoms with van der Waals surface area (Å²) >= 11 is 0. The van der Waals surface area contributed by atoms with Gasteiger partial charge >= 0.3 is 5.97 Å². The number of carbonyl (C=O) groups is 2. The summed E-state index contributed by atoms with van der Waals surface area (Å²) in [5, 5.41) is 8.82. The fourth-order valence-electron chi connectivity index (χ4n) is 2.41. The Kier molecular flexibility index (Phi) is 5.30. The van der Waals surface area contributed by atoms with E-state index in [2.05, 4.69) is 0 Å². The number of morpholine rings is 1. The zero-order valence-corrected chi connectivity index (χ0v) is 11.9. The van der Waals surface area contributed by atoms with Crippen LogP contribution in [-0.2, 0) is 19.1 Å². The molecule has 1 fully saturated rings. The molecule has 1 aromatic carbocycles. The molecule has 0 spiro atoms. The average molecular weight is 293 g/mol. The standard InChI is InChI=1S/C15H19NO5/c1-20-14(11-5-3-2-4-6-11)15(19)16-7-8-21-12(10-16)9-13(17)18/h2-6,12,14H,7-10H2,1H3,(H,17,18)/t12?,14-/m1/s1. The van der Waals surface area contributed by atoms with Crippen molar-refractivity contribution in [1.29, 1.82) is 0 Å². The van der Waals surface area contributed by atoms with Gasteiger partial charge in [0.05, 0.1) is 19.1 Å². The number of aliphatic carboxylic acids is 1. The van der Waals surface area contributed by atoms with Crippen LogP contribution in [0.1, 0.15) is 18.1 Å². The Labute approximate surface area is 123 Å².